The first-order valence-electron chi connectivity index (χ1n) is 8.13. The van der Waals surface area contributed by atoms with Crippen molar-refractivity contribution in [1.82, 2.24) is 19.7 Å². The summed E-state index contributed by atoms with van der Waals surface area (Å²) in [5.41, 5.74) is -0.548. The number of hydrogen-bond acceptors (Lipinski definition) is 5. The molecule has 0 radical (unpaired) electrons. The van der Waals surface area contributed by atoms with Crippen LogP contribution in [0.1, 0.15) is 38.4 Å². The molecule has 0 atom stereocenters. The molecule has 0 aliphatic carbocycles. The Labute approximate surface area is 152 Å². The fraction of sp³-hybridized carbons (Fsp3) is 0.412. The number of pyridine rings is 1. The molecule has 1 amide bonds. The number of anilines is 1. The second-order valence-electron chi connectivity index (χ2n) is 7.43. The summed E-state index contributed by atoms with van der Waals surface area (Å²) in [6.45, 7) is 7.38. The summed E-state index contributed by atoms with van der Waals surface area (Å²) in [6, 6.07) is 2.45. The van der Waals surface area contributed by atoms with E-state index in [4.69, 9.17) is 4.52 Å². The van der Waals surface area contributed by atoms with Crippen LogP contribution < -0.4 is 5.32 Å². The summed E-state index contributed by atoms with van der Waals surface area (Å²) in [6.07, 6.45) is -3.64. The van der Waals surface area contributed by atoms with E-state index in [0.717, 1.165) is 6.07 Å². The van der Waals surface area contributed by atoms with Gasteiger partial charge in [0.25, 0.3) is 0 Å². The molecule has 7 nitrogen and oxygen atoms in total. The van der Waals surface area contributed by atoms with Gasteiger partial charge in [-0.3, -0.25) is 10.1 Å². The standard InChI is InChI=1S/C17H18F3N5O2/c1-9-5-13(27-24-9)25-14-11(6-10(8-21-14)17(18,19)20)22-15(25)23-12(26)7-16(2,3)4/h5-6,8H,7H2,1-4H3,(H,22,23,26). The van der Waals surface area contributed by atoms with E-state index in [1.165, 1.54) is 4.57 Å². The number of fused-ring (bicyclic) bond motifs is 1. The van der Waals surface area contributed by atoms with Crippen LogP contribution in [0.2, 0.25) is 0 Å². The molecule has 0 aromatic carbocycles. The van der Waals surface area contributed by atoms with Gasteiger partial charge in [-0.1, -0.05) is 25.9 Å². The molecule has 10 heteroatoms. The number of amides is 1. The molecule has 3 rings (SSSR count). The fourth-order valence-corrected chi connectivity index (χ4v) is 2.52. The first-order valence-corrected chi connectivity index (χ1v) is 8.13. The van der Waals surface area contributed by atoms with E-state index in [2.05, 4.69) is 20.4 Å². The van der Waals surface area contributed by atoms with Gasteiger partial charge in [0.05, 0.1) is 11.3 Å². The summed E-state index contributed by atoms with van der Waals surface area (Å²) in [5.74, 6) is -0.123. The second-order valence-corrected chi connectivity index (χ2v) is 7.43. The number of aromatic nitrogens is 4. The average molecular weight is 381 g/mol. The Balaban J connectivity index is 2.11. The number of aryl methyl sites for hydroxylation is 1. The minimum Gasteiger partial charge on any atom is -0.338 e. The lowest BCUT2D eigenvalue weighted by atomic mass is 9.92. The molecule has 0 aliphatic heterocycles. The summed E-state index contributed by atoms with van der Waals surface area (Å²) in [4.78, 5) is 20.3. The Hall–Kier alpha value is -2.91. The van der Waals surface area contributed by atoms with Crippen molar-refractivity contribution in [3.8, 4) is 5.88 Å². The van der Waals surface area contributed by atoms with E-state index in [1.807, 2.05) is 20.8 Å². The molecule has 0 spiro atoms. The Bertz CT molecular complexity index is 998. The van der Waals surface area contributed by atoms with Gasteiger partial charge >= 0.3 is 6.18 Å². The lowest BCUT2D eigenvalue weighted by Crippen LogP contribution is -2.21. The SMILES string of the molecule is Cc1cc(-n2c(NC(=O)CC(C)(C)C)nc3cc(C(F)(F)F)cnc32)on1. The topological polar surface area (TPSA) is 85.8 Å². The highest BCUT2D eigenvalue weighted by atomic mass is 19.4. The van der Waals surface area contributed by atoms with E-state index in [0.29, 0.717) is 11.9 Å². The van der Waals surface area contributed by atoms with Crippen molar-refractivity contribution in [2.75, 3.05) is 5.32 Å². The molecule has 0 saturated carbocycles. The van der Waals surface area contributed by atoms with Crippen LogP contribution in [0.15, 0.2) is 22.9 Å². The van der Waals surface area contributed by atoms with Gasteiger partial charge in [0.2, 0.25) is 17.7 Å². The zero-order valence-corrected chi connectivity index (χ0v) is 15.2. The lowest BCUT2D eigenvalue weighted by Gasteiger charge is -2.17. The third-order valence-corrected chi connectivity index (χ3v) is 3.60. The molecular formula is C17H18F3N5O2. The van der Waals surface area contributed by atoms with Gasteiger partial charge in [-0.15, -0.1) is 0 Å². The number of carbonyl (C=O) groups excluding carboxylic acids is 1. The van der Waals surface area contributed by atoms with Crippen molar-refractivity contribution >= 4 is 23.0 Å². The molecule has 3 aromatic rings. The maximum absolute atomic E-state index is 13.0. The highest BCUT2D eigenvalue weighted by Gasteiger charge is 2.32. The zero-order chi connectivity index (χ0) is 20.0. The molecule has 27 heavy (non-hydrogen) atoms. The van der Waals surface area contributed by atoms with Crippen molar-refractivity contribution in [3.05, 3.63) is 29.6 Å². The highest BCUT2D eigenvalue weighted by molar-refractivity contribution is 5.92. The fourth-order valence-electron chi connectivity index (χ4n) is 2.52. The lowest BCUT2D eigenvalue weighted by molar-refractivity contribution is -0.137. The Kier molecular flexibility index (Phi) is 4.44. The number of carbonyl (C=O) groups is 1. The molecular weight excluding hydrogens is 363 g/mol. The van der Waals surface area contributed by atoms with Crippen LogP contribution in [0.5, 0.6) is 0 Å². The van der Waals surface area contributed by atoms with Crippen LogP contribution in [0, 0.1) is 12.3 Å². The molecule has 0 saturated heterocycles. The molecule has 144 valence electrons. The molecule has 0 fully saturated rings. The van der Waals surface area contributed by atoms with E-state index in [1.54, 1.807) is 13.0 Å². The van der Waals surface area contributed by atoms with Crippen LogP contribution in [0.25, 0.3) is 17.0 Å². The Morgan fingerprint density at radius 3 is 2.52 bits per heavy atom. The molecule has 0 bridgehead atoms. The maximum atomic E-state index is 13.0. The largest absolute Gasteiger partial charge is 0.417 e. The third kappa shape index (κ3) is 4.09. The number of halogens is 3. The second kappa shape index (κ2) is 6.36. The number of nitrogens with one attached hydrogen (secondary N) is 1. The van der Waals surface area contributed by atoms with E-state index < -0.39 is 11.7 Å². The predicted octanol–water partition coefficient (Wildman–Crippen LogP) is 4.11. The van der Waals surface area contributed by atoms with Crippen molar-refractivity contribution in [1.29, 1.82) is 0 Å². The number of rotatable bonds is 3. The van der Waals surface area contributed by atoms with Gasteiger partial charge in [0, 0.05) is 18.7 Å². The third-order valence-electron chi connectivity index (χ3n) is 3.60. The normalized spacial score (nSPS) is 12.6. The van der Waals surface area contributed by atoms with Gasteiger partial charge in [0.1, 0.15) is 5.52 Å². The molecule has 3 heterocycles. The van der Waals surface area contributed by atoms with Crippen LogP contribution in [-0.4, -0.2) is 25.6 Å². The summed E-state index contributed by atoms with van der Waals surface area (Å²) in [5, 5.41) is 6.40. The molecule has 3 aromatic heterocycles. The van der Waals surface area contributed by atoms with Crippen LogP contribution in [0.3, 0.4) is 0 Å². The summed E-state index contributed by atoms with van der Waals surface area (Å²) >= 11 is 0. The van der Waals surface area contributed by atoms with Crippen molar-refractivity contribution in [2.24, 2.45) is 5.41 Å². The quantitative estimate of drug-likeness (QED) is 0.738. The summed E-state index contributed by atoms with van der Waals surface area (Å²) < 4.78 is 45.4. The van der Waals surface area contributed by atoms with Crippen molar-refractivity contribution in [2.45, 2.75) is 40.3 Å². The maximum Gasteiger partial charge on any atom is 0.417 e. The minimum absolute atomic E-state index is 0.0159. The van der Waals surface area contributed by atoms with Gasteiger partial charge in [-0.25, -0.2) is 14.5 Å². The van der Waals surface area contributed by atoms with Gasteiger partial charge < -0.3 is 4.52 Å². The summed E-state index contributed by atoms with van der Waals surface area (Å²) in [7, 11) is 0. The van der Waals surface area contributed by atoms with Crippen LogP contribution >= 0.6 is 0 Å². The number of alkyl halides is 3. The van der Waals surface area contributed by atoms with E-state index in [9.17, 15) is 18.0 Å². The van der Waals surface area contributed by atoms with E-state index >= 15 is 0 Å². The van der Waals surface area contributed by atoms with Gasteiger partial charge in [-0.2, -0.15) is 13.2 Å². The first kappa shape index (κ1) is 18.9. The Morgan fingerprint density at radius 1 is 1.26 bits per heavy atom. The zero-order valence-electron chi connectivity index (χ0n) is 15.2. The van der Waals surface area contributed by atoms with Gasteiger partial charge in [0.15, 0.2) is 5.65 Å². The van der Waals surface area contributed by atoms with Crippen LogP contribution in [-0.2, 0) is 11.0 Å². The molecule has 1 N–H and O–H groups in total. The molecule has 0 aliphatic rings. The number of hydrogen-bond donors (Lipinski definition) is 1. The monoisotopic (exact) mass is 381 g/mol. The highest BCUT2D eigenvalue weighted by Crippen LogP contribution is 2.32. The van der Waals surface area contributed by atoms with Crippen LogP contribution in [0.4, 0.5) is 19.1 Å². The number of nitrogens with zero attached hydrogens (tertiary/aromatic N) is 4. The van der Waals surface area contributed by atoms with Gasteiger partial charge in [-0.05, 0) is 18.4 Å². The smallest absolute Gasteiger partial charge is 0.338 e. The first-order chi connectivity index (χ1) is 12.4. The van der Waals surface area contributed by atoms with Crippen molar-refractivity contribution in [3.63, 3.8) is 0 Å². The average Bonchev–Trinajstić information content (AvgIpc) is 3.06. The minimum atomic E-state index is -4.55. The van der Waals surface area contributed by atoms with Crippen molar-refractivity contribution < 1.29 is 22.5 Å². The number of imidazole rings is 1. The predicted molar refractivity (Wildman–Crippen MR) is 91.4 cm³/mol. The van der Waals surface area contributed by atoms with E-state index in [-0.39, 0.29) is 40.7 Å². The molecule has 0 unspecified atom stereocenters. The Morgan fingerprint density at radius 2 is 1.96 bits per heavy atom.